The van der Waals surface area contributed by atoms with Gasteiger partial charge in [-0.15, -0.1) is 11.3 Å². The first-order valence-corrected chi connectivity index (χ1v) is 6.30. The van der Waals surface area contributed by atoms with Crippen molar-refractivity contribution in [3.63, 3.8) is 0 Å². The Kier molecular flexibility index (Phi) is 3.67. The Hall–Kier alpha value is -1.81. The van der Waals surface area contributed by atoms with Crippen molar-refractivity contribution in [2.45, 2.75) is 6.92 Å². The first-order valence-electron chi connectivity index (χ1n) is 5.48. The number of benzene rings is 1. The summed E-state index contributed by atoms with van der Waals surface area (Å²) in [7, 11) is 3.27. The fourth-order valence-corrected chi connectivity index (χ4v) is 2.76. The number of rotatable bonds is 4. The van der Waals surface area contributed by atoms with E-state index in [9.17, 15) is 4.79 Å². The van der Waals surface area contributed by atoms with Crippen LogP contribution in [0.2, 0.25) is 0 Å². The van der Waals surface area contributed by atoms with Gasteiger partial charge >= 0.3 is 0 Å². The number of thiophene rings is 1. The van der Waals surface area contributed by atoms with Crippen LogP contribution < -0.4 is 9.47 Å². The molecule has 0 fully saturated rings. The molecule has 0 unspecified atom stereocenters. The minimum Gasteiger partial charge on any atom is -0.496 e. The molecule has 2 aromatic rings. The van der Waals surface area contributed by atoms with Crippen molar-refractivity contribution in [1.82, 2.24) is 0 Å². The van der Waals surface area contributed by atoms with Crippen LogP contribution in [0.1, 0.15) is 15.2 Å². The lowest BCUT2D eigenvalue weighted by molar-refractivity contribution is 0.112. The molecule has 2 rings (SSSR count). The maximum Gasteiger partial charge on any atom is 0.160 e. The van der Waals surface area contributed by atoms with Crippen molar-refractivity contribution in [1.29, 1.82) is 0 Å². The second-order valence-electron chi connectivity index (χ2n) is 3.79. The summed E-state index contributed by atoms with van der Waals surface area (Å²) in [6, 6.07) is 7.60. The number of carbonyl (C=O) groups excluding carboxylic acids is 1. The molecule has 0 aliphatic heterocycles. The predicted octanol–water partition coefficient (Wildman–Crippen LogP) is 3.55. The number of carbonyl (C=O) groups is 1. The minimum atomic E-state index is 0.709. The van der Waals surface area contributed by atoms with Crippen LogP contribution in [-0.2, 0) is 0 Å². The largest absolute Gasteiger partial charge is 0.496 e. The zero-order chi connectivity index (χ0) is 13.1. The molecular weight excluding hydrogens is 248 g/mol. The van der Waals surface area contributed by atoms with Crippen molar-refractivity contribution in [3.05, 3.63) is 34.7 Å². The highest BCUT2D eigenvalue weighted by Gasteiger charge is 2.14. The van der Waals surface area contributed by atoms with Crippen LogP contribution in [0, 0.1) is 6.92 Å². The molecule has 0 aliphatic rings. The first-order chi connectivity index (χ1) is 8.71. The van der Waals surface area contributed by atoms with E-state index >= 15 is 0 Å². The standard InChI is InChI=1S/C14H14O3S/c1-9-12(16-2)6-5-11(14(9)17-3)13-7-4-10(8-15)18-13/h4-8H,1-3H3. The molecule has 0 aliphatic carbocycles. The Labute approximate surface area is 110 Å². The molecule has 0 saturated heterocycles. The van der Waals surface area contributed by atoms with Gasteiger partial charge in [-0.25, -0.2) is 0 Å². The topological polar surface area (TPSA) is 35.5 Å². The minimum absolute atomic E-state index is 0.709. The summed E-state index contributed by atoms with van der Waals surface area (Å²) >= 11 is 1.45. The van der Waals surface area contributed by atoms with Crippen molar-refractivity contribution in [3.8, 4) is 21.9 Å². The van der Waals surface area contributed by atoms with E-state index in [-0.39, 0.29) is 0 Å². The third kappa shape index (κ3) is 2.11. The first kappa shape index (κ1) is 12.6. The number of aldehydes is 1. The molecule has 1 aromatic heterocycles. The van der Waals surface area contributed by atoms with Gasteiger partial charge in [0.1, 0.15) is 11.5 Å². The number of hydrogen-bond acceptors (Lipinski definition) is 4. The zero-order valence-electron chi connectivity index (χ0n) is 10.5. The van der Waals surface area contributed by atoms with Gasteiger partial charge in [-0.1, -0.05) is 0 Å². The molecule has 0 N–H and O–H groups in total. The molecule has 0 amide bonds. The molecule has 0 bridgehead atoms. The lowest BCUT2D eigenvalue weighted by atomic mass is 10.1. The summed E-state index contributed by atoms with van der Waals surface area (Å²) in [5, 5.41) is 0. The van der Waals surface area contributed by atoms with Crippen molar-refractivity contribution in [2.24, 2.45) is 0 Å². The van der Waals surface area contributed by atoms with E-state index in [1.807, 2.05) is 31.2 Å². The van der Waals surface area contributed by atoms with E-state index in [1.165, 1.54) is 11.3 Å². The van der Waals surface area contributed by atoms with E-state index in [4.69, 9.17) is 9.47 Å². The Balaban J connectivity index is 2.56. The molecule has 0 saturated carbocycles. The maximum absolute atomic E-state index is 10.7. The van der Waals surface area contributed by atoms with E-state index in [2.05, 4.69) is 0 Å². The van der Waals surface area contributed by atoms with Gasteiger partial charge in [0.05, 0.1) is 19.1 Å². The van der Waals surface area contributed by atoms with Crippen LogP contribution in [0.4, 0.5) is 0 Å². The van der Waals surface area contributed by atoms with Crippen LogP contribution in [0.15, 0.2) is 24.3 Å². The highest BCUT2D eigenvalue weighted by atomic mass is 32.1. The molecule has 1 aromatic carbocycles. The van der Waals surface area contributed by atoms with Crippen molar-refractivity contribution >= 4 is 17.6 Å². The molecule has 0 atom stereocenters. The molecular formula is C14H14O3S. The normalized spacial score (nSPS) is 10.2. The Bertz CT molecular complexity index is 572. The zero-order valence-corrected chi connectivity index (χ0v) is 11.3. The fraction of sp³-hybridized carbons (Fsp3) is 0.214. The summed E-state index contributed by atoms with van der Waals surface area (Å²) in [5.41, 5.74) is 1.94. The van der Waals surface area contributed by atoms with Gasteiger partial charge in [-0.3, -0.25) is 4.79 Å². The highest BCUT2D eigenvalue weighted by Crippen LogP contribution is 2.40. The second kappa shape index (κ2) is 5.23. The Morgan fingerprint density at radius 1 is 1.11 bits per heavy atom. The maximum atomic E-state index is 10.7. The molecule has 94 valence electrons. The summed E-state index contributed by atoms with van der Waals surface area (Å²) in [4.78, 5) is 12.5. The van der Waals surface area contributed by atoms with Crippen molar-refractivity contribution in [2.75, 3.05) is 14.2 Å². The van der Waals surface area contributed by atoms with E-state index in [1.54, 1.807) is 14.2 Å². The summed E-state index contributed by atoms with van der Waals surface area (Å²) < 4.78 is 10.7. The quantitative estimate of drug-likeness (QED) is 0.790. The Morgan fingerprint density at radius 3 is 2.44 bits per heavy atom. The molecule has 4 heteroatoms. The van der Waals surface area contributed by atoms with Gasteiger partial charge in [0, 0.05) is 16.0 Å². The molecule has 0 spiro atoms. The molecule has 3 nitrogen and oxygen atoms in total. The molecule has 18 heavy (non-hydrogen) atoms. The smallest absolute Gasteiger partial charge is 0.160 e. The Morgan fingerprint density at radius 2 is 1.89 bits per heavy atom. The van der Waals surface area contributed by atoms with Gasteiger partial charge in [0.15, 0.2) is 6.29 Å². The van der Waals surface area contributed by atoms with Gasteiger partial charge in [0.2, 0.25) is 0 Å². The van der Waals surface area contributed by atoms with Crippen LogP contribution in [0.5, 0.6) is 11.5 Å². The van der Waals surface area contributed by atoms with Crippen LogP contribution in [0.25, 0.3) is 10.4 Å². The van der Waals surface area contributed by atoms with Crippen molar-refractivity contribution < 1.29 is 14.3 Å². The van der Waals surface area contributed by atoms with Crippen LogP contribution in [0.3, 0.4) is 0 Å². The summed E-state index contributed by atoms with van der Waals surface area (Å²) in [6.07, 6.45) is 0.858. The number of ether oxygens (including phenoxy) is 2. The fourth-order valence-electron chi connectivity index (χ4n) is 1.91. The predicted molar refractivity (Wildman–Crippen MR) is 73.0 cm³/mol. The second-order valence-corrected chi connectivity index (χ2v) is 4.91. The van der Waals surface area contributed by atoms with E-state index in [0.29, 0.717) is 4.88 Å². The molecule has 0 radical (unpaired) electrons. The van der Waals surface area contributed by atoms with Crippen LogP contribution in [-0.4, -0.2) is 20.5 Å². The highest BCUT2D eigenvalue weighted by molar-refractivity contribution is 7.17. The van der Waals surface area contributed by atoms with Gasteiger partial charge in [0.25, 0.3) is 0 Å². The van der Waals surface area contributed by atoms with Crippen LogP contribution >= 0.6 is 11.3 Å². The van der Waals surface area contributed by atoms with Gasteiger partial charge in [-0.05, 0) is 31.2 Å². The van der Waals surface area contributed by atoms with Gasteiger partial charge in [-0.2, -0.15) is 0 Å². The average molecular weight is 262 g/mol. The number of hydrogen-bond donors (Lipinski definition) is 0. The SMILES string of the molecule is COc1ccc(-c2ccc(C=O)s2)c(OC)c1C. The van der Waals surface area contributed by atoms with Gasteiger partial charge < -0.3 is 9.47 Å². The summed E-state index contributed by atoms with van der Waals surface area (Å²) in [5.74, 6) is 1.58. The lowest BCUT2D eigenvalue weighted by Crippen LogP contribution is -1.94. The average Bonchev–Trinajstić information content (AvgIpc) is 2.87. The molecule has 1 heterocycles. The van der Waals surface area contributed by atoms with E-state index in [0.717, 1.165) is 33.8 Å². The lowest BCUT2D eigenvalue weighted by Gasteiger charge is -2.13. The number of methoxy groups -OCH3 is 2. The monoisotopic (exact) mass is 262 g/mol. The summed E-state index contributed by atoms with van der Waals surface area (Å²) in [6.45, 7) is 1.95. The third-order valence-corrected chi connectivity index (χ3v) is 3.83. The van der Waals surface area contributed by atoms with E-state index < -0.39 is 0 Å². The third-order valence-electron chi connectivity index (χ3n) is 2.79.